The number of hydrazine groups is 1. The molecule has 3 amide bonds. The predicted octanol–water partition coefficient (Wildman–Crippen LogP) is 1.45. The number of nitrogens with one attached hydrogen (secondary N) is 3. The molecule has 3 rings (SSSR count). The van der Waals surface area contributed by atoms with Crippen LogP contribution in [0.3, 0.4) is 0 Å². The van der Waals surface area contributed by atoms with Crippen LogP contribution in [0.1, 0.15) is 22.8 Å². The van der Waals surface area contributed by atoms with E-state index in [-0.39, 0.29) is 0 Å². The van der Waals surface area contributed by atoms with Crippen molar-refractivity contribution in [2.75, 3.05) is 20.3 Å². The first-order chi connectivity index (χ1) is 15.0. The molecule has 2 aromatic carbocycles. The molecule has 3 N–H and O–H groups in total. The number of rotatable bonds is 6. The molecule has 1 aliphatic heterocycles. The van der Waals surface area contributed by atoms with E-state index in [9.17, 15) is 14.4 Å². The summed E-state index contributed by atoms with van der Waals surface area (Å²) in [6.07, 6.45) is 2.93. The van der Waals surface area contributed by atoms with Crippen molar-refractivity contribution in [3.8, 4) is 17.2 Å². The molecule has 1 heterocycles. The summed E-state index contributed by atoms with van der Waals surface area (Å²) in [5, 5.41) is 2.53. The van der Waals surface area contributed by atoms with Crippen LogP contribution in [0.4, 0.5) is 0 Å². The number of benzene rings is 2. The molecule has 9 nitrogen and oxygen atoms in total. The second kappa shape index (κ2) is 10.1. The average molecular weight is 425 g/mol. The number of fused-ring (bicyclic) bond motifs is 1. The van der Waals surface area contributed by atoms with Gasteiger partial charge in [-0.1, -0.05) is 12.1 Å². The van der Waals surface area contributed by atoms with Crippen LogP contribution < -0.4 is 30.4 Å². The van der Waals surface area contributed by atoms with Gasteiger partial charge in [0.15, 0.2) is 11.5 Å². The van der Waals surface area contributed by atoms with Crippen molar-refractivity contribution in [2.45, 2.75) is 13.0 Å². The van der Waals surface area contributed by atoms with Gasteiger partial charge in [0.2, 0.25) is 5.91 Å². The molecule has 162 valence electrons. The normalized spacial score (nSPS) is 13.2. The van der Waals surface area contributed by atoms with E-state index in [1.807, 2.05) is 0 Å². The molecule has 0 bridgehead atoms. The third-order valence-corrected chi connectivity index (χ3v) is 4.40. The van der Waals surface area contributed by atoms with Crippen LogP contribution in [0.15, 0.2) is 48.5 Å². The Morgan fingerprint density at radius 2 is 1.71 bits per heavy atom. The van der Waals surface area contributed by atoms with Gasteiger partial charge in [-0.3, -0.25) is 25.2 Å². The fraction of sp³-hybridized carbons (Fsp3) is 0.227. The molecule has 0 saturated heterocycles. The zero-order valence-corrected chi connectivity index (χ0v) is 17.1. The first-order valence-electron chi connectivity index (χ1n) is 9.59. The van der Waals surface area contributed by atoms with Gasteiger partial charge in [0.25, 0.3) is 11.8 Å². The summed E-state index contributed by atoms with van der Waals surface area (Å²) < 4.78 is 15.9. The predicted molar refractivity (Wildman–Crippen MR) is 113 cm³/mol. The summed E-state index contributed by atoms with van der Waals surface area (Å²) in [6.45, 7) is 2.36. The van der Waals surface area contributed by atoms with E-state index in [1.165, 1.54) is 19.1 Å². The Morgan fingerprint density at radius 3 is 2.42 bits per heavy atom. The standard InChI is InChI=1S/C22H23N3O6/c1-14(23-20(26)10-5-15-3-7-17(29-2)8-4-15)21(27)24-25-22(28)16-6-9-18-19(13-16)31-12-11-30-18/h3-10,13-14H,11-12H2,1-2H3,(H,23,26)(H,24,27)(H,25,28)/b10-5+/t14-/m0/s1. The van der Waals surface area contributed by atoms with Crippen LogP contribution in [0, 0.1) is 0 Å². The Balaban J connectivity index is 1.46. The van der Waals surface area contributed by atoms with Gasteiger partial charge in [0, 0.05) is 11.6 Å². The van der Waals surface area contributed by atoms with Gasteiger partial charge < -0.3 is 19.5 Å². The molecule has 1 aliphatic rings. The van der Waals surface area contributed by atoms with E-state index in [2.05, 4.69) is 16.2 Å². The fourth-order valence-corrected chi connectivity index (χ4v) is 2.70. The topological polar surface area (TPSA) is 115 Å². The highest BCUT2D eigenvalue weighted by Gasteiger charge is 2.17. The van der Waals surface area contributed by atoms with E-state index in [4.69, 9.17) is 14.2 Å². The minimum Gasteiger partial charge on any atom is -0.497 e. The first-order valence-corrected chi connectivity index (χ1v) is 9.59. The summed E-state index contributed by atoms with van der Waals surface area (Å²) in [4.78, 5) is 36.5. The fourth-order valence-electron chi connectivity index (χ4n) is 2.70. The van der Waals surface area contributed by atoms with Crippen molar-refractivity contribution in [2.24, 2.45) is 0 Å². The van der Waals surface area contributed by atoms with E-state index < -0.39 is 23.8 Å². The summed E-state index contributed by atoms with van der Waals surface area (Å²) >= 11 is 0. The summed E-state index contributed by atoms with van der Waals surface area (Å²) in [5.41, 5.74) is 5.70. The minimum absolute atomic E-state index is 0.295. The summed E-state index contributed by atoms with van der Waals surface area (Å²) in [5.74, 6) is 0.197. The van der Waals surface area contributed by atoms with Gasteiger partial charge in [0.05, 0.1) is 7.11 Å². The highest BCUT2D eigenvalue weighted by molar-refractivity contribution is 5.98. The Morgan fingerprint density at radius 1 is 1.00 bits per heavy atom. The summed E-state index contributed by atoms with van der Waals surface area (Å²) in [7, 11) is 1.57. The largest absolute Gasteiger partial charge is 0.497 e. The van der Waals surface area contributed by atoms with Crippen molar-refractivity contribution in [1.82, 2.24) is 16.2 Å². The highest BCUT2D eigenvalue weighted by Crippen LogP contribution is 2.30. The quantitative estimate of drug-likeness (QED) is 0.477. The van der Waals surface area contributed by atoms with E-state index in [0.717, 1.165) is 5.56 Å². The van der Waals surface area contributed by atoms with Crippen molar-refractivity contribution in [3.05, 3.63) is 59.7 Å². The van der Waals surface area contributed by atoms with Gasteiger partial charge in [-0.05, 0) is 48.9 Å². The molecule has 0 unspecified atom stereocenters. The van der Waals surface area contributed by atoms with Gasteiger partial charge >= 0.3 is 0 Å². The van der Waals surface area contributed by atoms with Gasteiger partial charge in [0.1, 0.15) is 25.0 Å². The lowest BCUT2D eigenvalue weighted by molar-refractivity contribution is -0.127. The van der Waals surface area contributed by atoms with Crippen LogP contribution in [0.25, 0.3) is 6.08 Å². The zero-order chi connectivity index (χ0) is 22.2. The van der Waals surface area contributed by atoms with Crippen molar-refractivity contribution in [1.29, 1.82) is 0 Å². The van der Waals surface area contributed by atoms with Crippen LogP contribution in [-0.2, 0) is 9.59 Å². The number of methoxy groups -OCH3 is 1. The maximum absolute atomic E-state index is 12.3. The Hall–Kier alpha value is -4.01. The number of hydrogen-bond acceptors (Lipinski definition) is 6. The first kappa shape index (κ1) is 21.7. The average Bonchev–Trinajstić information content (AvgIpc) is 2.80. The van der Waals surface area contributed by atoms with E-state index >= 15 is 0 Å². The number of carbonyl (C=O) groups excluding carboxylic acids is 3. The maximum Gasteiger partial charge on any atom is 0.269 e. The van der Waals surface area contributed by atoms with Crippen LogP contribution in [-0.4, -0.2) is 44.1 Å². The monoisotopic (exact) mass is 425 g/mol. The molecule has 2 aromatic rings. The third kappa shape index (κ3) is 5.99. The highest BCUT2D eigenvalue weighted by atomic mass is 16.6. The molecule has 0 aromatic heterocycles. The molecular weight excluding hydrogens is 402 g/mol. The molecule has 9 heteroatoms. The number of ether oxygens (including phenoxy) is 3. The second-order valence-corrected chi connectivity index (χ2v) is 6.64. The van der Waals surface area contributed by atoms with Gasteiger partial charge in [-0.15, -0.1) is 0 Å². The number of carbonyl (C=O) groups is 3. The molecule has 1 atom stereocenters. The third-order valence-electron chi connectivity index (χ3n) is 4.40. The second-order valence-electron chi connectivity index (χ2n) is 6.64. The van der Waals surface area contributed by atoms with Gasteiger partial charge in [-0.25, -0.2) is 0 Å². The molecule has 0 radical (unpaired) electrons. The molecule has 0 aliphatic carbocycles. The lowest BCUT2D eigenvalue weighted by Gasteiger charge is -2.19. The molecule has 31 heavy (non-hydrogen) atoms. The summed E-state index contributed by atoms with van der Waals surface area (Å²) in [6, 6.07) is 11.0. The van der Waals surface area contributed by atoms with E-state index in [1.54, 1.807) is 49.6 Å². The Kier molecular flexibility index (Phi) is 7.10. The smallest absolute Gasteiger partial charge is 0.269 e. The maximum atomic E-state index is 12.3. The molecule has 0 fully saturated rings. The number of amides is 3. The minimum atomic E-state index is -0.867. The molecule has 0 spiro atoms. The molecular formula is C22H23N3O6. The van der Waals surface area contributed by atoms with Crippen LogP contribution in [0.2, 0.25) is 0 Å². The Labute approximate surface area is 179 Å². The van der Waals surface area contributed by atoms with Crippen molar-refractivity contribution in [3.63, 3.8) is 0 Å². The zero-order valence-electron chi connectivity index (χ0n) is 17.1. The van der Waals surface area contributed by atoms with Crippen LogP contribution >= 0.6 is 0 Å². The van der Waals surface area contributed by atoms with Crippen molar-refractivity contribution < 1.29 is 28.6 Å². The van der Waals surface area contributed by atoms with Crippen LogP contribution in [0.5, 0.6) is 17.2 Å². The lowest BCUT2D eigenvalue weighted by atomic mass is 10.2. The van der Waals surface area contributed by atoms with Crippen molar-refractivity contribution >= 4 is 23.8 Å². The Bertz CT molecular complexity index is 987. The number of hydrogen-bond donors (Lipinski definition) is 3. The lowest BCUT2D eigenvalue weighted by Crippen LogP contribution is -2.50. The van der Waals surface area contributed by atoms with E-state index in [0.29, 0.717) is 36.0 Å². The SMILES string of the molecule is COc1ccc(/C=C/C(=O)N[C@@H](C)C(=O)NNC(=O)c2ccc3c(c2)OCCO3)cc1. The van der Waals surface area contributed by atoms with Gasteiger partial charge in [-0.2, -0.15) is 0 Å². The molecule has 0 saturated carbocycles.